The highest BCUT2D eigenvalue weighted by molar-refractivity contribution is 6.19. The molecule has 0 aliphatic rings. The van der Waals surface area contributed by atoms with E-state index in [1.54, 1.807) is 23.2 Å². The van der Waals surface area contributed by atoms with Crippen molar-refractivity contribution in [3.8, 4) is 56.4 Å². The van der Waals surface area contributed by atoms with Crippen LogP contribution < -0.4 is 5.69 Å². The van der Waals surface area contributed by atoms with Crippen LogP contribution in [0.5, 0.6) is 0 Å². The number of benzene rings is 7. The zero-order chi connectivity index (χ0) is 35.6. The highest BCUT2D eigenvalue weighted by Gasteiger charge is 2.18. The van der Waals surface area contributed by atoms with Gasteiger partial charge in [-0.3, -0.25) is 9.13 Å². The van der Waals surface area contributed by atoms with Crippen LogP contribution in [0.2, 0.25) is 0 Å². The van der Waals surface area contributed by atoms with Gasteiger partial charge in [0.05, 0.1) is 11.0 Å². The minimum atomic E-state index is -0.0520. The average molecular weight is 686 g/mol. The lowest BCUT2D eigenvalue weighted by Gasteiger charge is -2.13. The molecule has 0 amide bonds. The van der Waals surface area contributed by atoms with Gasteiger partial charge < -0.3 is 4.42 Å². The maximum atomic E-state index is 12.6. The van der Waals surface area contributed by atoms with Gasteiger partial charge in [0.2, 0.25) is 0 Å². The van der Waals surface area contributed by atoms with Gasteiger partial charge in [0.25, 0.3) is 0 Å². The highest BCUT2D eigenvalue weighted by Crippen LogP contribution is 2.39. The third-order valence-electron chi connectivity index (χ3n) is 10.2. The molecule has 0 aliphatic heterocycles. The molecule has 0 saturated carbocycles. The van der Waals surface area contributed by atoms with E-state index in [2.05, 4.69) is 91.0 Å². The number of rotatable bonds is 5. The molecule has 0 spiro atoms. The Morgan fingerprint density at radius 3 is 1.96 bits per heavy atom. The molecule has 53 heavy (non-hydrogen) atoms. The molecule has 0 unspecified atom stereocenters. The molecule has 7 heteroatoms. The summed E-state index contributed by atoms with van der Waals surface area (Å²) in [6.07, 6.45) is 0. The van der Waals surface area contributed by atoms with Crippen LogP contribution in [0.4, 0.5) is 0 Å². The molecule has 3 aromatic heterocycles. The lowest BCUT2D eigenvalue weighted by Crippen LogP contribution is -2.19. The Balaban J connectivity index is 1.13. The zero-order valence-electron chi connectivity index (χ0n) is 29.0. The van der Waals surface area contributed by atoms with E-state index in [-0.39, 0.29) is 5.69 Å². The van der Waals surface area contributed by atoms with E-state index >= 15 is 0 Å². The van der Waals surface area contributed by atoms with Crippen molar-refractivity contribution in [2.45, 2.75) is 0 Å². The van der Waals surface area contributed by atoms with E-state index < -0.39 is 0 Å². The van der Waals surface area contributed by atoms with Crippen LogP contribution in [-0.4, -0.2) is 24.1 Å². The van der Waals surface area contributed by atoms with Crippen molar-refractivity contribution >= 4 is 43.7 Å². The fraction of sp³-hybridized carbons (Fsp3) is 0.0435. The third-order valence-corrected chi connectivity index (χ3v) is 10.2. The predicted octanol–water partition coefficient (Wildman–Crippen LogP) is 10.4. The molecular formula is C46H31N5O2. The number of hydrogen-bond acceptors (Lipinski definition) is 5. The van der Waals surface area contributed by atoms with Gasteiger partial charge in [0, 0.05) is 41.6 Å². The van der Waals surface area contributed by atoms with Crippen molar-refractivity contribution in [1.82, 2.24) is 24.1 Å². The van der Waals surface area contributed by atoms with Crippen molar-refractivity contribution < 1.29 is 4.42 Å². The first-order valence-electron chi connectivity index (χ1n) is 17.5. The summed E-state index contributed by atoms with van der Waals surface area (Å²) in [6, 6.07) is 51.6. The second-order valence-corrected chi connectivity index (χ2v) is 13.4. The SMILES string of the molecule is Cn1c(=O)n(C)c2cc(-c3cccc(-c4nc(-c5ccccc5)nc(-c5ccccc5-c5ccc6oc7ccc8ccccc8c7c6c5)n4)c3)ccc21. The van der Waals surface area contributed by atoms with Gasteiger partial charge >= 0.3 is 5.69 Å². The number of aryl methyl sites for hydroxylation is 2. The summed E-state index contributed by atoms with van der Waals surface area (Å²) in [6.45, 7) is 0. The van der Waals surface area contributed by atoms with Crippen LogP contribution >= 0.6 is 0 Å². The second-order valence-electron chi connectivity index (χ2n) is 13.4. The lowest BCUT2D eigenvalue weighted by atomic mass is 9.96. The molecule has 0 saturated heterocycles. The van der Waals surface area contributed by atoms with Crippen LogP contribution in [0.15, 0.2) is 161 Å². The van der Waals surface area contributed by atoms with Gasteiger partial charge in [0.1, 0.15) is 11.2 Å². The molecule has 10 rings (SSSR count). The van der Waals surface area contributed by atoms with Crippen molar-refractivity contribution in [3.05, 3.63) is 162 Å². The standard InChI is InChI=1S/C46H31N5O2/c1-50-38-22-19-31(27-39(38)51(2)46(50)52)30-14-10-15-33(25-30)44-47-43(29-12-4-3-5-13-29)48-45(49-44)36-18-9-8-16-34(36)32-21-23-40-37(26-32)42-35-17-7-6-11-28(35)20-24-41(42)53-40/h3-27H,1-2H3. The lowest BCUT2D eigenvalue weighted by molar-refractivity contribution is 0.669. The number of imidazole rings is 1. The quantitative estimate of drug-likeness (QED) is 0.180. The normalized spacial score (nSPS) is 11.7. The first kappa shape index (κ1) is 30.7. The van der Waals surface area contributed by atoms with Gasteiger partial charge in [-0.15, -0.1) is 0 Å². The average Bonchev–Trinajstić information content (AvgIpc) is 3.71. The molecule has 10 aromatic rings. The maximum absolute atomic E-state index is 12.6. The zero-order valence-corrected chi connectivity index (χ0v) is 29.0. The van der Waals surface area contributed by atoms with Crippen molar-refractivity contribution in [2.75, 3.05) is 0 Å². The van der Waals surface area contributed by atoms with Gasteiger partial charge in [-0.1, -0.05) is 115 Å². The molecule has 0 atom stereocenters. The summed E-state index contributed by atoms with van der Waals surface area (Å²) in [5.41, 5.74) is 10.1. The molecule has 7 aromatic carbocycles. The van der Waals surface area contributed by atoms with Crippen LogP contribution in [0.1, 0.15) is 0 Å². The minimum Gasteiger partial charge on any atom is -0.456 e. The number of aromatic nitrogens is 5. The molecule has 0 aliphatic carbocycles. The third kappa shape index (κ3) is 5.05. The Kier molecular flexibility index (Phi) is 6.94. The van der Waals surface area contributed by atoms with Gasteiger partial charge in [0.15, 0.2) is 17.5 Å². The highest BCUT2D eigenvalue weighted by atomic mass is 16.3. The van der Waals surface area contributed by atoms with E-state index in [4.69, 9.17) is 19.4 Å². The summed E-state index contributed by atoms with van der Waals surface area (Å²) in [4.78, 5) is 27.9. The van der Waals surface area contributed by atoms with Crippen LogP contribution in [0.25, 0.3) is 100 Å². The smallest absolute Gasteiger partial charge is 0.328 e. The van der Waals surface area contributed by atoms with Crippen LogP contribution in [0, 0.1) is 0 Å². The molecule has 3 heterocycles. The Morgan fingerprint density at radius 1 is 0.453 bits per heavy atom. The summed E-state index contributed by atoms with van der Waals surface area (Å²) < 4.78 is 9.67. The van der Waals surface area contributed by atoms with E-state index in [9.17, 15) is 4.79 Å². The largest absolute Gasteiger partial charge is 0.456 e. The van der Waals surface area contributed by atoms with Gasteiger partial charge in [-0.25, -0.2) is 19.7 Å². The van der Waals surface area contributed by atoms with E-state index in [0.717, 1.165) is 71.9 Å². The summed E-state index contributed by atoms with van der Waals surface area (Å²) in [7, 11) is 3.60. The van der Waals surface area contributed by atoms with Crippen molar-refractivity contribution in [3.63, 3.8) is 0 Å². The van der Waals surface area contributed by atoms with E-state index in [1.807, 2.05) is 60.7 Å². The first-order valence-corrected chi connectivity index (χ1v) is 17.5. The second kappa shape index (κ2) is 12.0. The number of fused-ring (bicyclic) bond motifs is 6. The van der Waals surface area contributed by atoms with Gasteiger partial charge in [-0.2, -0.15) is 0 Å². The molecule has 7 nitrogen and oxygen atoms in total. The fourth-order valence-electron chi connectivity index (χ4n) is 7.51. The number of nitrogens with zero attached hydrogens (tertiary/aromatic N) is 5. The summed E-state index contributed by atoms with van der Waals surface area (Å²) >= 11 is 0. The Labute approximate surface area is 304 Å². The predicted molar refractivity (Wildman–Crippen MR) is 214 cm³/mol. The van der Waals surface area contributed by atoms with E-state index in [0.29, 0.717) is 17.5 Å². The summed E-state index contributed by atoms with van der Waals surface area (Å²) in [5.74, 6) is 1.74. The van der Waals surface area contributed by atoms with Crippen LogP contribution in [-0.2, 0) is 14.1 Å². The van der Waals surface area contributed by atoms with Crippen LogP contribution in [0.3, 0.4) is 0 Å². The van der Waals surface area contributed by atoms with Crippen molar-refractivity contribution in [1.29, 1.82) is 0 Å². The maximum Gasteiger partial charge on any atom is 0.328 e. The summed E-state index contributed by atoms with van der Waals surface area (Å²) in [5, 5.41) is 4.52. The molecule has 0 bridgehead atoms. The Bertz CT molecular complexity index is 3120. The molecule has 0 N–H and O–H groups in total. The van der Waals surface area contributed by atoms with Crippen molar-refractivity contribution in [2.24, 2.45) is 14.1 Å². The van der Waals surface area contributed by atoms with Gasteiger partial charge in [-0.05, 0) is 69.4 Å². The number of hydrogen-bond donors (Lipinski definition) is 0. The van der Waals surface area contributed by atoms with E-state index in [1.165, 1.54) is 10.8 Å². The molecule has 0 radical (unpaired) electrons. The molecule has 252 valence electrons. The molecular weight excluding hydrogens is 655 g/mol. The Morgan fingerprint density at radius 2 is 1.09 bits per heavy atom. The molecule has 0 fully saturated rings. The Hall–Kier alpha value is -7.12. The first-order chi connectivity index (χ1) is 26.0. The topological polar surface area (TPSA) is 78.7 Å². The monoisotopic (exact) mass is 685 g/mol. The number of furan rings is 1. The fourth-order valence-corrected chi connectivity index (χ4v) is 7.51. The minimum absolute atomic E-state index is 0.0520.